The number of aromatic nitrogens is 1. The summed E-state index contributed by atoms with van der Waals surface area (Å²) in [6, 6.07) is 15.0. The molecule has 5 nitrogen and oxygen atoms in total. The number of nitrogens with one attached hydrogen (secondary N) is 2. The number of hydrogen-bond donors (Lipinski definition) is 2. The summed E-state index contributed by atoms with van der Waals surface area (Å²) in [7, 11) is 0. The van der Waals surface area contributed by atoms with Gasteiger partial charge in [0.1, 0.15) is 0 Å². The van der Waals surface area contributed by atoms with Gasteiger partial charge in [0.05, 0.1) is 5.52 Å². The second kappa shape index (κ2) is 9.56. The lowest BCUT2D eigenvalue weighted by Gasteiger charge is -2.22. The Morgan fingerprint density at radius 3 is 2.84 bits per heavy atom. The number of hydrogen-bond acceptors (Lipinski definition) is 5. The van der Waals surface area contributed by atoms with E-state index in [9.17, 15) is 0 Å². The fourth-order valence-electron chi connectivity index (χ4n) is 4.80. The molecule has 2 aromatic carbocycles. The van der Waals surface area contributed by atoms with Gasteiger partial charge in [-0.05, 0) is 55.5 Å². The summed E-state index contributed by atoms with van der Waals surface area (Å²) < 4.78 is 11.0. The van der Waals surface area contributed by atoms with Crippen LogP contribution in [0, 0.1) is 0 Å². The van der Waals surface area contributed by atoms with Crippen molar-refractivity contribution in [1.29, 1.82) is 0 Å². The van der Waals surface area contributed by atoms with Crippen molar-refractivity contribution in [2.45, 2.75) is 51.0 Å². The SMILES string of the molecule is c1cc(CNCCCNc2ccnc3cc(C4CCCCC4)ccc23)c2c(c1)OCO2. The summed E-state index contributed by atoms with van der Waals surface area (Å²) >= 11 is 0. The van der Waals surface area contributed by atoms with Crippen LogP contribution in [0.2, 0.25) is 0 Å². The van der Waals surface area contributed by atoms with Gasteiger partial charge in [-0.2, -0.15) is 0 Å². The molecule has 2 heterocycles. The minimum absolute atomic E-state index is 0.318. The van der Waals surface area contributed by atoms with Crippen molar-refractivity contribution >= 4 is 16.6 Å². The lowest BCUT2D eigenvalue weighted by atomic mass is 9.84. The van der Waals surface area contributed by atoms with Crippen molar-refractivity contribution in [3.05, 3.63) is 59.8 Å². The molecule has 5 heteroatoms. The number of nitrogens with zero attached hydrogens (tertiary/aromatic N) is 1. The molecule has 0 amide bonds. The van der Waals surface area contributed by atoms with E-state index in [0.29, 0.717) is 12.7 Å². The molecule has 2 aliphatic rings. The Bertz CT molecular complexity index is 1030. The molecule has 0 spiro atoms. The van der Waals surface area contributed by atoms with Crippen LogP contribution < -0.4 is 20.1 Å². The van der Waals surface area contributed by atoms with E-state index in [4.69, 9.17) is 9.47 Å². The molecule has 1 aliphatic carbocycles. The molecule has 162 valence electrons. The van der Waals surface area contributed by atoms with Crippen LogP contribution in [0.3, 0.4) is 0 Å². The van der Waals surface area contributed by atoms with Crippen molar-refractivity contribution in [3.63, 3.8) is 0 Å². The van der Waals surface area contributed by atoms with Gasteiger partial charge in [0, 0.05) is 35.9 Å². The zero-order chi connectivity index (χ0) is 20.9. The first-order valence-electron chi connectivity index (χ1n) is 11.6. The molecular weight excluding hydrogens is 386 g/mol. The summed E-state index contributed by atoms with van der Waals surface area (Å²) in [5.74, 6) is 2.44. The van der Waals surface area contributed by atoms with Crippen LogP contribution in [0.5, 0.6) is 11.5 Å². The Balaban J connectivity index is 1.13. The van der Waals surface area contributed by atoms with Crippen LogP contribution in [0.1, 0.15) is 55.6 Å². The predicted octanol–water partition coefficient (Wildman–Crippen LogP) is 5.60. The van der Waals surface area contributed by atoms with Gasteiger partial charge in [0.25, 0.3) is 0 Å². The van der Waals surface area contributed by atoms with Crippen molar-refractivity contribution in [2.24, 2.45) is 0 Å². The largest absolute Gasteiger partial charge is 0.454 e. The van der Waals surface area contributed by atoms with E-state index >= 15 is 0 Å². The minimum atomic E-state index is 0.318. The Morgan fingerprint density at radius 2 is 1.90 bits per heavy atom. The van der Waals surface area contributed by atoms with Gasteiger partial charge in [-0.25, -0.2) is 0 Å². The average Bonchev–Trinajstić information content (AvgIpc) is 3.31. The Hall–Kier alpha value is -2.79. The molecule has 1 aliphatic heterocycles. The number of ether oxygens (including phenoxy) is 2. The number of para-hydroxylation sites is 1. The van der Waals surface area contributed by atoms with Crippen molar-refractivity contribution in [2.75, 3.05) is 25.2 Å². The molecule has 1 fully saturated rings. The highest BCUT2D eigenvalue weighted by Crippen LogP contribution is 2.36. The van der Waals surface area contributed by atoms with Gasteiger partial charge < -0.3 is 20.1 Å². The average molecular weight is 418 g/mol. The molecule has 0 saturated heterocycles. The van der Waals surface area contributed by atoms with Crippen molar-refractivity contribution in [3.8, 4) is 11.5 Å². The summed E-state index contributed by atoms with van der Waals surface area (Å²) in [4.78, 5) is 4.64. The summed E-state index contributed by atoms with van der Waals surface area (Å²) in [5.41, 5.74) is 4.89. The number of rotatable bonds is 8. The Kier molecular flexibility index (Phi) is 6.21. The zero-order valence-electron chi connectivity index (χ0n) is 18.0. The van der Waals surface area contributed by atoms with E-state index in [1.54, 1.807) is 0 Å². The highest BCUT2D eigenvalue weighted by molar-refractivity contribution is 5.91. The fourth-order valence-corrected chi connectivity index (χ4v) is 4.80. The van der Waals surface area contributed by atoms with Gasteiger partial charge in [-0.3, -0.25) is 4.98 Å². The van der Waals surface area contributed by atoms with E-state index in [-0.39, 0.29) is 0 Å². The summed E-state index contributed by atoms with van der Waals surface area (Å²) in [5, 5.41) is 8.33. The standard InChI is InChI=1S/C26H31N3O2/c1-2-6-19(7-3-1)20-10-11-22-23(12-15-29-24(22)16-20)28-14-5-13-27-17-21-8-4-9-25-26(21)31-18-30-25/h4,8-12,15-16,19,27H,1-3,5-7,13-14,17-18H2,(H,28,29). The van der Waals surface area contributed by atoms with E-state index in [2.05, 4.69) is 45.9 Å². The van der Waals surface area contributed by atoms with Gasteiger partial charge >= 0.3 is 0 Å². The molecule has 0 unspecified atom stereocenters. The lowest BCUT2D eigenvalue weighted by Crippen LogP contribution is -2.18. The van der Waals surface area contributed by atoms with Gasteiger partial charge in [0.2, 0.25) is 6.79 Å². The highest BCUT2D eigenvalue weighted by atomic mass is 16.7. The third kappa shape index (κ3) is 4.62. The third-order valence-corrected chi connectivity index (χ3v) is 6.48. The van der Waals surface area contributed by atoms with Crippen molar-refractivity contribution < 1.29 is 9.47 Å². The first kappa shape index (κ1) is 20.1. The molecule has 31 heavy (non-hydrogen) atoms. The van der Waals surface area contributed by atoms with Crippen LogP contribution in [-0.2, 0) is 6.54 Å². The summed E-state index contributed by atoms with van der Waals surface area (Å²) in [6.07, 6.45) is 9.71. The van der Waals surface area contributed by atoms with Crippen LogP contribution in [0.4, 0.5) is 5.69 Å². The van der Waals surface area contributed by atoms with Gasteiger partial charge in [-0.15, -0.1) is 0 Å². The second-order valence-corrected chi connectivity index (χ2v) is 8.58. The quantitative estimate of drug-likeness (QED) is 0.467. The molecule has 1 aromatic heterocycles. The molecule has 5 rings (SSSR count). The van der Waals surface area contributed by atoms with Crippen LogP contribution >= 0.6 is 0 Å². The van der Waals surface area contributed by atoms with E-state index in [0.717, 1.165) is 48.6 Å². The van der Waals surface area contributed by atoms with Crippen molar-refractivity contribution in [1.82, 2.24) is 10.3 Å². The van der Waals surface area contributed by atoms with Crippen LogP contribution in [-0.4, -0.2) is 24.9 Å². The molecule has 0 bridgehead atoms. The smallest absolute Gasteiger partial charge is 0.231 e. The third-order valence-electron chi connectivity index (χ3n) is 6.48. The molecule has 0 radical (unpaired) electrons. The lowest BCUT2D eigenvalue weighted by molar-refractivity contribution is 0.173. The van der Waals surface area contributed by atoms with Gasteiger partial charge in [0.15, 0.2) is 11.5 Å². The molecule has 1 saturated carbocycles. The zero-order valence-corrected chi connectivity index (χ0v) is 18.0. The normalized spacial score (nSPS) is 16.0. The molecule has 3 aromatic rings. The molecule has 2 N–H and O–H groups in total. The monoisotopic (exact) mass is 417 g/mol. The van der Waals surface area contributed by atoms with Crippen LogP contribution in [0.15, 0.2) is 48.7 Å². The Morgan fingerprint density at radius 1 is 0.968 bits per heavy atom. The highest BCUT2D eigenvalue weighted by Gasteiger charge is 2.17. The number of benzene rings is 2. The topological polar surface area (TPSA) is 55.4 Å². The van der Waals surface area contributed by atoms with E-state index < -0.39 is 0 Å². The maximum absolute atomic E-state index is 5.57. The predicted molar refractivity (Wildman–Crippen MR) is 125 cm³/mol. The maximum Gasteiger partial charge on any atom is 0.231 e. The molecule has 0 atom stereocenters. The maximum atomic E-state index is 5.57. The first-order chi connectivity index (χ1) is 15.4. The second-order valence-electron chi connectivity index (χ2n) is 8.58. The minimum Gasteiger partial charge on any atom is -0.454 e. The number of pyridine rings is 1. The number of anilines is 1. The van der Waals surface area contributed by atoms with E-state index in [1.165, 1.54) is 48.7 Å². The summed E-state index contributed by atoms with van der Waals surface area (Å²) in [6.45, 7) is 2.96. The molecular formula is C26H31N3O2. The number of fused-ring (bicyclic) bond motifs is 2. The fraction of sp³-hybridized carbons (Fsp3) is 0.423. The van der Waals surface area contributed by atoms with Gasteiger partial charge in [-0.1, -0.05) is 43.5 Å². The van der Waals surface area contributed by atoms with Crippen LogP contribution in [0.25, 0.3) is 10.9 Å². The van der Waals surface area contributed by atoms with E-state index in [1.807, 2.05) is 18.3 Å². The first-order valence-corrected chi connectivity index (χ1v) is 11.6. The Labute approximate surface area is 184 Å².